The first-order valence-corrected chi connectivity index (χ1v) is 9.12. The fourth-order valence-electron chi connectivity index (χ4n) is 2.94. The minimum absolute atomic E-state index is 0.0523. The number of esters is 1. The lowest BCUT2D eigenvalue weighted by atomic mass is 10.1. The molecule has 6 nitrogen and oxygen atoms in total. The van der Waals surface area contributed by atoms with E-state index in [4.69, 9.17) is 14.2 Å². The maximum atomic E-state index is 12.5. The van der Waals surface area contributed by atoms with Gasteiger partial charge in [0.1, 0.15) is 13.2 Å². The van der Waals surface area contributed by atoms with Gasteiger partial charge in [-0.1, -0.05) is 36.4 Å². The lowest BCUT2D eigenvalue weighted by Gasteiger charge is -2.20. The number of rotatable bonds is 6. The number of hydrogen-bond acceptors (Lipinski definition) is 5. The highest BCUT2D eigenvalue weighted by Gasteiger charge is 2.30. The Hall–Kier alpha value is -3.02. The predicted octanol–water partition coefficient (Wildman–Crippen LogP) is 2.56. The van der Waals surface area contributed by atoms with E-state index in [2.05, 4.69) is 5.32 Å². The second-order valence-corrected chi connectivity index (χ2v) is 6.72. The summed E-state index contributed by atoms with van der Waals surface area (Å²) in [5, 5.41) is 2.91. The van der Waals surface area contributed by atoms with Crippen molar-refractivity contribution in [2.24, 2.45) is 0 Å². The summed E-state index contributed by atoms with van der Waals surface area (Å²) in [7, 11) is 0. The van der Waals surface area contributed by atoms with E-state index in [0.717, 1.165) is 18.4 Å². The summed E-state index contributed by atoms with van der Waals surface area (Å²) in [6.45, 7) is 1.00. The molecule has 4 rings (SSSR count). The third-order valence-corrected chi connectivity index (χ3v) is 4.47. The number of benzene rings is 2. The van der Waals surface area contributed by atoms with Crippen molar-refractivity contribution in [2.45, 2.75) is 31.4 Å². The number of carbonyl (C=O) groups excluding carboxylic acids is 2. The van der Waals surface area contributed by atoms with Crippen LogP contribution in [-0.4, -0.2) is 31.1 Å². The summed E-state index contributed by atoms with van der Waals surface area (Å²) in [6, 6.07) is 14.6. The fraction of sp³-hybridized carbons (Fsp3) is 0.333. The minimum Gasteiger partial charge on any atom is -0.486 e. The van der Waals surface area contributed by atoms with Crippen LogP contribution in [0.2, 0.25) is 0 Å². The van der Waals surface area contributed by atoms with Crippen molar-refractivity contribution in [1.82, 2.24) is 5.32 Å². The summed E-state index contributed by atoms with van der Waals surface area (Å²) in [6.07, 6.45) is 1.05. The highest BCUT2D eigenvalue weighted by Crippen LogP contribution is 2.31. The van der Waals surface area contributed by atoms with Crippen LogP contribution in [0.15, 0.2) is 48.5 Å². The van der Waals surface area contributed by atoms with Gasteiger partial charge in [-0.3, -0.25) is 9.59 Å². The van der Waals surface area contributed by atoms with Crippen molar-refractivity contribution < 1.29 is 23.8 Å². The zero-order chi connectivity index (χ0) is 18.6. The highest BCUT2D eigenvalue weighted by atomic mass is 16.6. The Bertz CT molecular complexity index is 832. The zero-order valence-corrected chi connectivity index (χ0v) is 14.9. The first-order chi connectivity index (χ1) is 13.2. The largest absolute Gasteiger partial charge is 0.486 e. The van der Waals surface area contributed by atoms with Crippen LogP contribution >= 0.6 is 0 Å². The predicted molar refractivity (Wildman–Crippen MR) is 97.6 cm³/mol. The van der Waals surface area contributed by atoms with Gasteiger partial charge in [0, 0.05) is 11.6 Å². The Morgan fingerprint density at radius 1 is 1.04 bits per heavy atom. The maximum absolute atomic E-state index is 12.5. The van der Waals surface area contributed by atoms with Gasteiger partial charge >= 0.3 is 5.97 Å². The van der Waals surface area contributed by atoms with Crippen molar-refractivity contribution in [3.05, 3.63) is 59.7 Å². The zero-order valence-electron chi connectivity index (χ0n) is 14.9. The average Bonchev–Trinajstić information content (AvgIpc) is 3.50. The van der Waals surface area contributed by atoms with Crippen molar-refractivity contribution >= 4 is 11.9 Å². The van der Waals surface area contributed by atoms with E-state index in [9.17, 15) is 9.59 Å². The normalized spacial score (nSPS) is 16.3. The first kappa shape index (κ1) is 17.4. The number of nitrogens with one attached hydrogen (secondary N) is 1. The summed E-state index contributed by atoms with van der Waals surface area (Å²) in [5.41, 5.74) is 1.41. The molecule has 0 saturated heterocycles. The fourth-order valence-corrected chi connectivity index (χ4v) is 2.94. The molecule has 0 aromatic heterocycles. The Morgan fingerprint density at radius 2 is 1.78 bits per heavy atom. The molecule has 2 aromatic carbocycles. The molecule has 1 amide bonds. The molecule has 1 fully saturated rings. The number of hydrogen-bond donors (Lipinski definition) is 1. The van der Waals surface area contributed by atoms with Gasteiger partial charge in [-0.25, -0.2) is 0 Å². The molecule has 0 bridgehead atoms. The van der Waals surface area contributed by atoms with Gasteiger partial charge in [-0.15, -0.1) is 0 Å². The Balaban J connectivity index is 1.45. The minimum atomic E-state index is -0.948. The summed E-state index contributed by atoms with van der Waals surface area (Å²) in [4.78, 5) is 25.0. The molecular formula is C21H21NO5. The molecule has 1 aliphatic carbocycles. The molecule has 27 heavy (non-hydrogen) atoms. The molecule has 1 heterocycles. The lowest BCUT2D eigenvalue weighted by molar-refractivity contribution is -0.156. The second kappa shape index (κ2) is 7.70. The third kappa shape index (κ3) is 4.39. The van der Waals surface area contributed by atoms with E-state index in [1.165, 1.54) is 0 Å². The average molecular weight is 367 g/mol. The van der Waals surface area contributed by atoms with E-state index >= 15 is 0 Å². The molecule has 2 aromatic rings. The van der Waals surface area contributed by atoms with E-state index in [0.29, 0.717) is 30.3 Å². The molecule has 1 aliphatic heterocycles. The Kier molecular flexibility index (Phi) is 4.96. The van der Waals surface area contributed by atoms with Gasteiger partial charge in [0.15, 0.2) is 11.5 Å². The number of amides is 1. The van der Waals surface area contributed by atoms with Crippen LogP contribution in [-0.2, 0) is 20.7 Å². The van der Waals surface area contributed by atoms with Crippen molar-refractivity contribution in [3.8, 4) is 11.5 Å². The van der Waals surface area contributed by atoms with Gasteiger partial charge in [0.25, 0.3) is 5.91 Å². The summed E-state index contributed by atoms with van der Waals surface area (Å²) in [5.74, 6) is 0.549. The van der Waals surface area contributed by atoms with Crippen molar-refractivity contribution in [2.75, 3.05) is 13.2 Å². The summed E-state index contributed by atoms with van der Waals surface area (Å²) >= 11 is 0. The second-order valence-electron chi connectivity index (χ2n) is 6.72. The highest BCUT2D eigenvalue weighted by molar-refractivity contribution is 5.86. The lowest BCUT2D eigenvalue weighted by Crippen LogP contribution is -2.33. The van der Waals surface area contributed by atoms with Crippen LogP contribution in [0.5, 0.6) is 11.5 Å². The molecule has 1 saturated carbocycles. The Labute approximate surface area is 157 Å². The SMILES string of the molecule is O=C(Cc1ccc2c(c1)OCCO2)O[C@@H](C(=O)NC1CC1)c1ccccc1. The monoisotopic (exact) mass is 367 g/mol. The van der Waals surface area contributed by atoms with Gasteiger partial charge in [0.05, 0.1) is 6.42 Å². The van der Waals surface area contributed by atoms with Crippen LogP contribution in [0.3, 0.4) is 0 Å². The molecular weight excluding hydrogens is 346 g/mol. The van der Waals surface area contributed by atoms with E-state index in [1.54, 1.807) is 30.3 Å². The van der Waals surface area contributed by atoms with Gasteiger partial charge < -0.3 is 19.5 Å². The molecule has 1 atom stereocenters. The molecule has 2 aliphatic rings. The standard InChI is InChI=1S/C21H21NO5/c23-19(13-14-6-9-17-18(12-14)26-11-10-25-17)27-20(15-4-2-1-3-5-15)21(24)22-16-7-8-16/h1-6,9,12,16,20H,7-8,10-11,13H2,(H,22,24)/t20-/m1/s1. The van der Waals surface area contributed by atoms with E-state index in [1.807, 2.05) is 18.2 Å². The van der Waals surface area contributed by atoms with Gasteiger partial charge in [-0.2, -0.15) is 0 Å². The number of carbonyl (C=O) groups is 2. The smallest absolute Gasteiger partial charge is 0.311 e. The topological polar surface area (TPSA) is 73.9 Å². The number of ether oxygens (including phenoxy) is 3. The van der Waals surface area contributed by atoms with E-state index in [-0.39, 0.29) is 18.4 Å². The molecule has 0 spiro atoms. The molecule has 0 unspecified atom stereocenters. The van der Waals surface area contributed by atoms with Gasteiger partial charge in [-0.05, 0) is 30.5 Å². The van der Waals surface area contributed by atoms with Crippen LogP contribution in [0.25, 0.3) is 0 Å². The van der Waals surface area contributed by atoms with Crippen molar-refractivity contribution in [3.63, 3.8) is 0 Å². The van der Waals surface area contributed by atoms with Crippen LogP contribution < -0.4 is 14.8 Å². The quantitative estimate of drug-likeness (QED) is 0.795. The molecule has 0 radical (unpaired) electrons. The maximum Gasteiger partial charge on any atom is 0.311 e. The number of fused-ring (bicyclic) bond motifs is 1. The van der Waals surface area contributed by atoms with E-state index < -0.39 is 12.1 Å². The van der Waals surface area contributed by atoms with Gasteiger partial charge in [0.2, 0.25) is 6.10 Å². The first-order valence-electron chi connectivity index (χ1n) is 9.12. The Morgan fingerprint density at radius 3 is 2.52 bits per heavy atom. The van der Waals surface area contributed by atoms with Crippen LogP contribution in [0, 0.1) is 0 Å². The third-order valence-electron chi connectivity index (χ3n) is 4.47. The summed E-state index contributed by atoms with van der Waals surface area (Å²) < 4.78 is 16.6. The molecule has 140 valence electrons. The van der Waals surface area contributed by atoms with Crippen LogP contribution in [0.1, 0.15) is 30.1 Å². The molecule has 1 N–H and O–H groups in total. The molecule has 6 heteroatoms. The van der Waals surface area contributed by atoms with Crippen molar-refractivity contribution in [1.29, 1.82) is 0 Å². The van der Waals surface area contributed by atoms with Crippen LogP contribution in [0.4, 0.5) is 0 Å².